The Morgan fingerprint density at radius 2 is 2.12 bits per heavy atom. The van der Waals surface area contributed by atoms with E-state index < -0.39 is 10.8 Å². The molecular formula is C15H9ClN6O3. The van der Waals surface area contributed by atoms with Crippen LogP contribution >= 0.6 is 11.6 Å². The van der Waals surface area contributed by atoms with Crippen molar-refractivity contribution >= 4 is 51.8 Å². The zero-order chi connectivity index (χ0) is 17.6. The molecule has 9 nitrogen and oxygen atoms in total. The number of nitro benzene ring substituents is 1. The molecule has 2 aromatic carbocycles. The molecule has 0 aliphatic carbocycles. The second-order valence-corrected chi connectivity index (χ2v) is 5.76. The van der Waals surface area contributed by atoms with E-state index in [1.165, 1.54) is 24.4 Å². The van der Waals surface area contributed by atoms with Crippen LogP contribution in [0.4, 0.5) is 17.1 Å². The van der Waals surface area contributed by atoms with Gasteiger partial charge in [-0.05, 0) is 24.3 Å². The van der Waals surface area contributed by atoms with Gasteiger partial charge in [0.25, 0.3) is 5.69 Å². The topological polar surface area (TPSA) is 126 Å². The van der Waals surface area contributed by atoms with Gasteiger partial charge >= 0.3 is 0 Å². The van der Waals surface area contributed by atoms with Crippen molar-refractivity contribution in [3.05, 3.63) is 51.0 Å². The van der Waals surface area contributed by atoms with Crippen LogP contribution < -0.4 is 5.32 Å². The molecule has 1 unspecified atom stereocenters. The number of carbonyl (C=O) groups is 1. The van der Waals surface area contributed by atoms with Gasteiger partial charge in [0.1, 0.15) is 22.0 Å². The lowest BCUT2D eigenvalue weighted by molar-refractivity contribution is -0.384. The number of nitrogens with one attached hydrogen (secondary N) is 2. The van der Waals surface area contributed by atoms with Gasteiger partial charge in [-0.15, -0.1) is 0 Å². The molecule has 0 saturated heterocycles. The van der Waals surface area contributed by atoms with Gasteiger partial charge in [-0.3, -0.25) is 19.9 Å². The summed E-state index contributed by atoms with van der Waals surface area (Å²) in [6.07, 6.45) is 1.47. The Balaban J connectivity index is 1.71. The van der Waals surface area contributed by atoms with E-state index in [0.29, 0.717) is 28.0 Å². The molecule has 10 heteroatoms. The van der Waals surface area contributed by atoms with Gasteiger partial charge in [-0.25, -0.2) is 0 Å². The molecular weight excluding hydrogens is 348 g/mol. The highest BCUT2D eigenvalue weighted by Crippen LogP contribution is 2.36. The molecule has 2 N–H and O–H groups in total. The monoisotopic (exact) mass is 356 g/mol. The Morgan fingerprint density at radius 1 is 1.28 bits per heavy atom. The van der Waals surface area contributed by atoms with E-state index in [1.807, 2.05) is 0 Å². The number of benzene rings is 2. The van der Waals surface area contributed by atoms with Crippen LogP contribution in [0.5, 0.6) is 0 Å². The fourth-order valence-corrected chi connectivity index (χ4v) is 2.97. The molecule has 0 spiro atoms. The number of hydrogen-bond acceptors (Lipinski definition) is 6. The lowest BCUT2D eigenvalue weighted by Crippen LogP contribution is -2.13. The van der Waals surface area contributed by atoms with Crippen LogP contribution in [-0.4, -0.2) is 32.5 Å². The molecule has 0 radical (unpaired) electrons. The molecule has 3 aromatic rings. The van der Waals surface area contributed by atoms with E-state index >= 15 is 0 Å². The van der Waals surface area contributed by atoms with Crippen molar-refractivity contribution in [3.8, 4) is 0 Å². The molecule has 0 saturated carbocycles. The number of aromatic nitrogens is 3. The summed E-state index contributed by atoms with van der Waals surface area (Å²) in [4.78, 5) is 26.7. The van der Waals surface area contributed by atoms with Crippen molar-refractivity contribution in [2.75, 3.05) is 5.32 Å². The molecule has 124 valence electrons. The van der Waals surface area contributed by atoms with Crippen molar-refractivity contribution < 1.29 is 9.72 Å². The summed E-state index contributed by atoms with van der Waals surface area (Å²) in [6, 6.07) is 7.63. The molecule has 1 aliphatic rings. The first-order valence-electron chi connectivity index (χ1n) is 7.17. The lowest BCUT2D eigenvalue weighted by Gasteiger charge is -2.03. The number of amides is 1. The highest BCUT2D eigenvalue weighted by molar-refractivity contribution is 6.32. The number of halogens is 1. The number of anilines is 1. The van der Waals surface area contributed by atoms with Crippen LogP contribution in [0.1, 0.15) is 11.5 Å². The predicted molar refractivity (Wildman–Crippen MR) is 91.5 cm³/mol. The second kappa shape index (κ2) is 5.64. The van der Waals surface area contributed by atoms with E-state index in [4.69, 9.17) is 11.6 Å². The van der Waals surface area contributed by atoms with Crippen LogP contribution in [0.15, 0.2) is 35.3 Å². The summed E-state index contributed by atoms with van der Waals surface area (Å²) < 4.78 is 0. The number of aliphatic imine (C=N–C) groups is 1. The molecule has 1 atom stereocenters. The number of fused-ring (bicyclic) bond motifs is 3. The highest BCUT2D eigenvalue weighted by atomic mass is 35.5. The Hall–Kier alpha value is -3.33. The molecule has 1 amide bonds. The summed E-state index contributed by atoms with van der Waals surface area (Å²) in [5.41, 5.74) is 2.79. The fraction of sp³-hybridized carbons (Fsp3) is 0.0667. The van der Waals surface area contributed by atoms with Gasteiger partial charge in [0.15, 0.2) is 0 Å². The normalized spacial score (nSPS) is 16.4. The Morgan fingerprint density at radius 3 is 2.88 bits per heavy atom. The van der Waals surface area contributed by atoms with Gasteiger partial charge in [0.2, 0.25) is 5.91 Å². The van der Waals surface area contributed by atoms with E-state index in [1.54, 1.807) is 12.1 Å². The van der Waals surface area contributed by atoms with E-state index in [2.05, 4.69) is 25.7 Å². The lowest BCUT2D eigenvalue weighted by atomic mass is 10.0. The summed E-state index contributed by atoms with van der Waals surface area (Å²) >= 11 is 5.88. The number of nitro groups is 1. The minimum Gasteiger partial charge on any atom is -0.325 e. The van der Waals surface area contributed by atoms with Crippen LogP contribution in [0.2, 0.25) is 5.02 Å². The predicted octanol–water partition coefficient (Wildman–Crippen LogP) is 2.96. The minimum atomic E-state index is -0.641. The Bertz CT molecular complexity index is 1060. The minimum absolute atomic E-state index is 0.0187. The third kappa shape index (κ3) is 2.50. The van der Waals surface area contributed by atoms with Crippen LogP contribution in [0, 0.1) is 10.1 Å². The molecule has 25 heavy (non-hydrogen) atoms. The zero-order valence-electron chi connectivity index (χ0n) is 12.4. The Kier molecular flexibility index (Phi) is 3.43. The number of hydrogen-bond donors (Lipinski definition) is 2. The number of nitrogens with zero attached hydrogens (tertiary/aromatic N) is 4. The summed E-state index contributed by atoms with van der Waals surface area (Å²) in [6.45, 7) is 0. The molecule has 1 aliphatic heterocycles. The summed E-state index contributed by atoms with van der Waals surface area (Å²) in [5.74, 6) is -0.875. The highest BCUT2D eigenvalue weighted by Gasteiger charge is 2.32. The van der Waals surface area contributed by atoms with Crippen LogP contribution in [-0.2, 0) is 4.79 Å². The number of rotatable bonds is 3. The molecule has 0 bridgehead atoms. The average Bonchev–Trinajstić information content (AvgIpc) is 3.15. The number of aromatic amines is 1. The maximum atomic E-state index is 12.3. The van der Waals surface area contributed by atoms with Gasteiger partial charge in [0.05, 0.1) is 10.6 Å². The van der Waals surface area contributed by atoms with E-state index in [9.17, 15) is 14.9 Å². The van der Waals surface area contributed by atoms with Gasteiger partial charge in [-0.1, -0.05) is 11.6 Å². The molecule has 4 rings (SSSR count). The third-order valence-corrected chi connectivity index (χ3v) is 4.18. The Labute approximate surface area is 144 Å². The SMILES string of the molecule is O=C1Nc2ccc3n[nH]nc3c2C1C=Nc1ccc([N+](=O)[O-])c(Cl)c1. The fourth-order valence-electron chi connectivity index (χ4n) is 2.73. The van der Waals surface area contributed by atoms with Gasteiger partial charge in [0, 0.05) is 23.5 Å². The third-order valence-electron chi connectivity index (χ3n) is 3.88. The molecule has 1 aromatic heterocycles. The number of carbonyl (C=O) groups excluding carboxylic acids is 1. The maximum Gasteiger partial charge on any atom is 0.288 e. The number of H-pyrrole nitrogens is 1. The maximum absolute atomic E-state index is 12.3. The average molecular weight is 357 g/mol. The quantitative estimate of drug-likeness (QED) is 0.424. The van der Waals surface area contributed by atoms with Crippen LogP contribution in [0.25, 0.3) is 11.0 Å². The second-order valence-electron chi connectivity index (χ2n) is 5.36. The summed E-state index contributed by atoms with van der Waals surface area (Å²) in [7, 11) is 0. The van der Waals surface area contributed by atoms with Crippen molar-refractivity contribution in [2.45, 2.75) is 5.92 Å². The first-order valence-corrected chi connectivity index (χ1v) is 7.55. The molecule has 0 fully saturated rings. The van der Waals surface area contributed by atoms with Crippen molar-refractivity contribution in [1.29, 1.82) is 0 Å². The largest absolute Gasteiger partial charge is 0.325 e. The van der Waals surface area contributed by atoms with Crippen LogP contribution in [0.3, 0.4) is 0 Å². The first kappa shape index (κ1) is 15.2. The van der Waals surface area contributed by atoms with Crippen molar-refractivity contribution in [2.24, 2.45) is 4.99 Å². The van der Waals surface area contributed by atoms with E-state index in [-0.39, 0.29) is 16.6 Å². The van der Waals surface area contributed by atoms with Crippen molar-refractivity contribution in [3.63, 3.8) is 0 Å². The standard InChI is InChI=1S/C15H9ClN6O3/c16-9-5-7(1-4-12(9)22(24)25)17-6-8-13-10(18-15(8)23)2-3-11-14(13)20-21-19-11/h1-6,8H,(H,18,23)(H,19,20,21). The molecule has 2 heterocycles. The van der Waals surface area contributed by atoms with Gasteiger partial charge < -0.3 is 5.32 Å². The summed E-state index contributed by atoms with van der Waals surface area (Å²) in [5, 5.41) is 24.2. The zero-order valence-corrected chi connectivity index (χ0v) is 13.2. The van der Waals surface area contributed by atoms with Gasteiger partial charge in [-0.2, -0.15) is 15.4 Å². The van der Waals surface area contributed by atoms with E-state index in [0.717, 1.165) is 0 Å². The smallest absolute Gasteiger partial charge is 0.288 e. The van der Waals surface area contributed by atoms with Crippen molar-refractivity contribution in [1.82, 2.24) is 15.4 Å². The first-order chi connectivity index (χ1) is 12.0.